The molecule has 0 bridgehead atoms. The number of likely N-dealkylation sites (tertiary alicyclic amines) is 1. The summed E-state index contributed by atoms with van der Waals surface area (Å²) in [5.41, 5.74) is 0. The van der Waals surface area contributed by atoms with Gasteiger partial charge in [-0.3, -0.25) is 9.79 Å². The Morgan fingerprint density at radius 3 is 2.72 bits per heavy atom. The molecule has 25 heavy (non-hydrogen) atoms. The first-order chi connectivity index (χ1) is 11.7. The number of hydrogen-bond acceptors (Lipinski definition) is 4. The topological polar surface area (TPSA) is 66.0 Å². The fourth-order valence-electron chi connectivity index (χ4n) is 2.97. The van der Waals surface area contributed by atoms with E-state index in [1.807, 2.05) is 6.92 Å². The van der Waals surface area contributed by atoms with Crippen molar-refractivity contribution in [3.63, 3.8) is 0 Å². The highest BCUT2D eigenvalue weighted by atomic mass is 127. The van der Waals surface area contributed by atoms with E-state index < -0.39 is 0 Å². The molecule has 1 fully saturated rings. The summed E-state index contributed by atoms with van der Waals surface area (Å²) in [6.45, 7) is 11.5. The molecule has 0 aliphatic carbocycles. The number of aliphatic imine (C=N–C) groups is 1. The summed E-state index contributed by atoms with van der Waals surface area (Å²) in [6, 6.07) is 0.725. The number of guanidine groups is 1. The number of nitrogens with one attached hydrogen (secondary N) is 2. The van der Waals surface area contributed by atoms with Crippen molar-refractivity contribution in [2.75, 3.05) is 39.3 Å². The van der Waals surface area contributed by atoms with E-state index in [-0.39, 0.29) is 29.9 Å². The van der Waals surface area contributed by atoms with Crippen molar-refractivity contribution in [3.05, 3.63) is 0 Å². The van der Waals surface area contributed by atoms with Crippen LogP contribution in [0.25, 0.3) is 0 Å². The quantitative estimate of drug-likeness (QED) is 0.170. The Labute approximate surface area is 170 Å². The van der Waals surface area contributed by atoms with Gasteiger partial charge in [-0.05, 0) is 53.0 Å². The Hall–Kier alpha value is -0.570. The molecule has 0 saturated carbocycles. The first-order valence-corrected chi connectivity index (χ1v) is 9.59. The lowest BCUT2D eigenvalue weighted by Gasteiger charge is -2.33. The second-order valence-corrected chi connectivity index (χ2v) is 6.33. The minimum atomic E-state index is -0.138. The highest BCUT2D eigenvalue weighted by Gasteiger charge is 2.17. The van der Waals surface area contributed by atoms with Gasteiger partial charge in [0.25, 0.3) is 0 Å². The molecular weight excluding hydrogens is 431 g/mol. The highest BCUT2D eigenvalue weighted by molar-refractivity contribution is 14.0. The number of piperidine rings is 1. The second-order valence-electron chi connectivity index (χ2n) is 6.33. The number of ether oxygens (including phenoxy) is 1. The van der Waals surface area contributed by atoms with E-state index in [1.54, 1.807) is 0 Å². The molecule has 0 amide bonds. The van der Waals surface area contributed by atoms with Gasteiger partial charge in [0, 0.05) is 38.6 Å². The third-order valence-corrected chi connectivity index (χ3v) is 4.31. The summed E-state index contributed by atoms with van der Waals surface area (Å²) >= 11 is 0. The summed E-state index contributed by atoms with van der Waals surface area (Å²) in [5.74, 6) is 0.703. The largest absolute Gasteiger partial charge is 0.466 e. The number of esters is 1. The molecule has 1 rings (SSSR count). The van der Waals surface area contributed by atoms with Crippen LogP contribution in [0.3, 0.4) is 0 Å². The average molecular weight is 468 g/mol. The van der Waals surface area contributed by atoms with E-state index in [0.717, 1.165) is 44.5 Å². The minimum absolute atomic E-state index is 0. The third-order valence-electron chi connectivity index (χ3n) is 4.31. The predicted octanol–water partition coefficient (Wildman–Crippen LogP) is 2.77. The molecular formula is C18H37IN4O2. The molecule has 1 saturated heterocycles. The van der Waals surface area contributed by atoms with Gasteiger partial charge in [-0.25, -0.2) is 0 Å². The van der Waals surface area contributed by atoms with Gasteiger partial charge < -0.3 is 20.3 Å². The zero-order chi connectivity index (χ0) is 17.6. The van der Waals surface area contributed by atoms with Crippen molar-refractivity contribution in [1.29, 1.82) is 0 Å². The maximum absolute atomic E-state index is 11.3. The number of halogens is 1. The number of carbonyl (C=O) groups excluding carboxylic acids is 1. The van der Waals surface area contributed by atoms with Gasteiger partial charge in [-0.1, -0.05) is 6.42 Å². The molecule has 1 heterocycles. The second kappa shape index (κ2) is 15.7. The van der Waals surface area contributed by atoms with Gasteiger partial charge in [0.2, 0.25) is 0 Å². The number of nitrogens with zero attached hydrogens (tertiary/aromatic N) is 2. The smallest absolute Gasteiger partial charge is 0.305 e. The zero-order valence-corrected chi connectivity index (χ0v) is 18.5. The Morgan fingerprint density at radius 2 is 2.04 bits per heavy atom. The van der Waals surface area contributed by atoms with Crippen LogP contribution in [0.2, 0.25) is 0 Å². The monoisotopic (exact) mass is 468 g/mol. The van der Waals surface area contributed by atoms with Crippen LogP contribution in [0.1, 0.15) is 59.3 Å². The van der Waals surface area contributed by atoms with Crippen molar-refractivity contribution in [3.8, 4) is 0 Å². The van der Waals surface area contributed by atoms with Crippen molar-refractivity contribution in [2.24, 2.45) is 4.99 Å². The maximum atomic E-state index is 11.3. The molecule has 1 aliphatic heterocycles. The Balaban J connectivity index is 0.00000576. The lowest BCUT2D eigenvalue weighted by molar-refractivity contribution is -0.143. The first-order valence-electron chi connectivity index (χ1n) is 9.59. The Morgan fingerprint density at radius 1 is 1.24 bits per heavy atom. The van der Waals surface area contributed by atoms with Crippen molar-refractivity contribution >= 4 is 35.9 Å². The van der Waals surface area contributed by atoms with Crippen LogP contribution in [0.4, 0.5) is 0 Å². The van der Waals surface area contributed by atoms with E-state index in [9.17, 15) is 4.79 Å². The average Bonchev–Trinajstić information content (AvgIpc) is 2.57. The summed E-state index contributed by atoms with van der Waals surface area (Å²) in [6.07, 6.45) is 6.32. The normalized spacial score (nSPS) is 18.4. The highest BCUT2D eigenvalue weighted by Crippen LogP contribution is 2.15. The van der Waals surface area contributed by atoms with Crippen LogP contribution in [0, 0.1) is 0 Å². The molecule has 7 heteroatoms. The molecule has 1 aliphatic rings. The molecule has 1 atom stereocenters. The fraction of sp³-hybridized carbons (Fsp3) is 0.889. The van der Waals surface area contributed by atoms with Gasteiger partial charge in [0.15, 0.2) is 5.96 Å². The van der Waals surface area contributed by atoms with Crippen LogP contribution in [-0.4, -0.2) is 62.2 Å². The lowest BCUT2D eigenvalue weighted by atomic mass is 10.0. The molecule has 0 spiro atoms. The maximum Gasteiger partial charge on any atom is 0.305 e. The molecule has 1 unspecified atom stereocenters. The molecule has 6 nitrogen and oxygen atoms in total. The van der Waals surface area contributed by atoms with Gasteiger partial charge in [-0.2, -0.15) is 0 Å². The Bertz CT molecular complexity index is 380. The minimum Gasteiger partial charge on any atom is -0.466 e. The van der Waals surface area contributed by atoms with Crippen molar-refractivity contribution < 1.29 is 9.53 Å². The van der Waals surface area contributed by atoms with E-state index >= 15 is 0 Å². The number of carbonyl (C=O) groups is 1. The molecule has 0 aromatic heterocycles. The van der Waals surface area contributed by atoms with Crippen molar-refractivity contribution in [2.45, 2.75) is 65.3 Å². The van der Waals surface area contributed by atoms with Gasteiger partial charge in [0.05, 0.1) is 6.61 Å². The number of rotatable bonds is 10. The van der Waals surface area contributed by atoms with Crippen LogP contribution in [-0.2, 0) is 9.53 Å². The van der Waals surface area contributed by atoms with Gasteiger partial charge in [0.1, 0.15) is 0 Å². The summed E-state index contributed by atoms with van der Waals surface area (Å²) < 4.78 is 4.92. The van der Waals surface area contributed by atoms with Crippen molar-refractivity contribution in [1.82, 2.24) is 15.5 Å². The van der Waals surface area contributed by atoms with Crippen LogP contribution in [0.15, 0.2) is 4.99 Å². The van der Waals surface area contributed by atoms with E-state index in [4.69, 9.17) is 4.74 Å². The molecule has 2 N–H and O–H groups in total. The summed E-state index contributed by atoms with van der Waals surface area (Å²) in [5, 5.41) is 6.64. The first kappa shape index (κ1) is 24.4. The Kier molecular flexibility index (Phi) is 15.3. The standard InChI is InChI=1S/C18H36N4O2.HI/c1-4-19-18(20-12-8-11-17(23)24-5-2)21-13-9-15-22-14-7-6-10-16(22)3;/h16H,4-15H2,1-3H3,(H2,19,20,21);1H. The number of hydrogen-bond donors (Lipinski definition) is 2. The van der Waals surface area contributed by atoms with Gasteiger partial charge in [-0.15, -0.1) is 24.0 Å². The summed E-state index contributed by atoms with van der Waals surface area (Å²) in [7, 11) is 0. The SMILES string of the molecule is CCNC(=NCCCC(=O)OCC)NCCCN1CCCCC1C.I. The molecule has 0 radical (unpaired) electrons. The van der Waals surface area contributed by atoms with E-state index in [1.165, 1.54) is 25.8 Å². The van der Waals surface area contributed by atoms with Crippen LogP contribution in [0.5, 0.6) is 0 Å². The van der Waals surface area contributed by atoms with E-state index in [0.29, 0.717) is 19.6 Å². The lowest BCUT2D eigenvalue weighted by Crippen LogP contribution is -2.41. The van der Waals surface area contributed by atoms with E-state index in [2.05, 4.69) is 34.4 Å². The molecule has 0 aromatic rings. The molecule has 148 valence electrons. The third kappa shape index (κ3) is 11.6. The summed E-state index contributed by atoms with van der Waals surface area (Å²) in [4.78, 5) is 18.4. The van der Waals surface area contributed by atoms with Crippen LogP contribution < -0.4 is 10.6 Å². The van der Waals surface area contributed by atoms with Gasteiger partial charge >= 0.3 is 5.97 Å². The van der Waals surface area contributed by atoms with Crippen LogP contribution >= 0.6 is 24.0 Å². The fourth-order valence-corrected chi connectivity index (χ4v) is 2.97. The predicted molar refractivity (Wildman–Crippen MR) is 115 cm³/mol. The molecule has 0 aromatic carbocycles. The zero-order valence-electron chi connectivity index (χ0n) is 16.2.